The van der Waals surface area contributed by atoms with Crippen LogP contribution in [-0.2, 0) is 20.9 Å². The number of rotatable bonds is 5. The number of hydrogen-bond acceptors (Lipinski definition) is 5. The van der Waals surface area contributed by atoms with E-state index < -0.39 is 12.1 Å². The molecule has 7 nitrogen and oxygen atoms in total. The van der Waals surface area contributed by atoms with Crippen molar-refractivity contribution in [3.05, 3.63) is 71.6 Å². The molecule has 1 heterocycles. The number of esters is 1. The largest absolute Gasteiger partial charge is 0.464 e. The maximum Gasteiger partial charge on any atom is 0.412 e. The Kier molecular flexibility index (Phi) is 5.28. The predicted molar refractivity (Wildman–Crippen MR) is 95.8 cm³/mol. The van der Waals surface area contributed by atoms with Crippen molar-refractivity contribution in [2.45, 2.75) is 6.61 Å². The molecule has 0 unspecified atom stereocenters. The van der Waals surface area contributed by atoms with Gasteiger partial charge in [0.15, 0.2) is 0 Å². The van der Waals surface area contributed by atoms with Gasteiger partial charge in [0.1, 0.15) is 12.3 Å². The highest BCUT2D eigenvalue weighted by molar-refractivity contribution is 5.97. The molecule has 0 bridgehead atoms. The minimum absolute atomic E-state index is 0.0200. The summed E-state index contributed by atoms with van der Waals surface area (Å²) in [5.41, 5.74) is 2.41. The predicted octanol–water partition coefficient (Wildman–Crippen LogP) is 3.00. The number of carbonyl (C=O) groups excluding carboxylic acids is 2. The first-order chi connectivity index (χ1) is 12.7. The lowest BCUT2D eigenvalue weighted by molar-refractivity contribution is -0.136. The van der Waals surface area contributed by atoms with Gasteiger partial charge in [-0.15, -0.1) is 0 Å². The second kappa shape index (κ2) is 7.98. The maximum absolute atomic E-state index is 12.0. The molecule has 0 aliphatic heterocycles. The average molecular weight is 351 g/mol. The molecule has 3 aromatic rings. The van der Waals surface area contributed by atoms with Gasteiger partial charge in [0.2, 0.25) is 0 Å². The summed E-state index contributed by atoms with van der Waals surface area (Å²) in [5, 5.41) is 10.1. The number of ether oxygens (including phenoxy) is 2. The number of amides is 1. The van der Waals surface area contributed by atoms with Crippen LogP contribution in [0.15, 0.2) is 60.4 Å². The van der Waals surface area contributed by atoms with E-state index in [1.54, 1.807) is 12.3 Å². The highest BCUT2D eigenvalue weighted by atomic mass is 16.6. The van der Waals surface area contributed by atoms with Crippen LogP contribution in [0.2, 0.25) is 0 Å². The van der Waals surface area contributed by atoms with Gasteiger partial charge in [-0.3, -0.25) is 10.4 Å². The number of hydrogen-bond donors (Lipinski definition) is 2. The Balaban J connectivity index is 1.72. The average Bonchev–Trinajstić information content (AvgIpc) is 3.14. The number of carbonyl (C=O) groups is 2. The van der Waals surface area contributed by atoms with E-state index in [2.05, 4.69) is 15.5 Å². The quantitative estimate of drug-likeness (QED) is 0.544. The summed E-state index contributed by atoms with van der Waals surface area (Å²) < 4.78 is 9.86. The van der Waals surface area contributed by atoms with E-state index in [1.807, 2.05) is 42.5 Å². The molecule has 0 spiro atoms. The fourth-order valence-corrected chi connectivity index (χ4v) is 2.34. The minimum Gasteiger partial charge on any atom is -0.464 e. The molecule has 0 saturated carbocycles. The van der Waals surface area contributed by atoms with E-state index in [1.165, 1.54) is 13.2 Å². The molecule has 0 saturated heterocycles. The molecule has 2 N–H and O–H groups in total. The summed E-state index contributed by atoms with van der Waals surface area (Å²) in [7, 11) is 1.24. The smallest absolute Gasteiger partial charge is 0.412 e. The van der Waals surface area contributed by atoms with Crippen molar-refractivity contribution < 1.29 is 19.1 Å². The zero-order chi connectivity index (χ0) is 18.4. The lowest BCUT2D eigenvalue weighted by Crippen LogP contribution is -2.28. The van der Waals surface area contributed by atoms with Crippen LogP contribution in [0.25, 0.3) is 17.0 Å². The third kappa shape index (κ3) is 4.27. The van der Waals surface area contributed by atoms with E-state index in [4.69, 9.17) is 9.47 Å². The lowest BCUT2D eigenvalue weighted by Gasteiger charge is -2.09. The highest BCUT2D eigenvalue weighted by Crippen LogP contribution is 2.15. The molecule has 3 rings (SSSR count). The van der Waals surface area contributed by atoms with Crippen LogP contribution in [0.3, 0.4) is 0 Å². The van der Waals surface area contributed by atoms with Crippen LogP contribution >= 0.6 is 0 Å². The molecule has 0 atom stereocenters. The van der Waals surface area contributed by atoms with Gasteiger partial charge in [0.25, 0.3) is 0 Å². The van der Waals surface area contributed by atoms with E-state index in [9.17, 15) is 9.59 Å². The van der Waals surface area contributed by atoms with Gasteiger partial charge in [0.05, 0.1) is 18.8 Å². The number of aromatic nitrogens is 2. The SMILES string of the molecule is COC(=O)/C(=C/c1ccc2[nH]ncc2c1)NC(=O)OCc1ccccc1. The standard InChI is InChI=1S/C19H17N3O4/c1-25-18(23)17(10-14-7-8-16-15(9-14)11-20-22-16)21-19(24)26-12-13-5-3-2-4-6-13/h2-11H,12H2,1H3,(H,20,22)(H,21,24)/b17-10-. The van der Waals surface area contributed by atoms with Crippen molar-refractivity contribution in [2.24, 2.45) is 0 Å². The number of H-pyrrole nitrogens is 1. The first-order valence-corrected chi connectivity index (χ1v) is 7.86. The number of nitrogens with zero attached hydrogens (tertiary/aromatic N) is 1. The van der Waals surface area contributed by atoms with E-state index in [-0.39, 0.29) is 12.3 Å². The Morgan fingerprint density at radius 3 is 2.77 bits per heavy atom. The number of fused-ring (bicyclic) bond motifs is 1. The molecule has 0 radical (unpaired) electrons. The second-order valence-electron chi connectivity index (χ2n) is 5.45. The topological polar surface area (TPSA) is 93.3 Å². The monoisotopic (exact) mass is 351 g/mol. The molecule has 0 aliphatic carbocycles. The molecule has 0 fully saturated rings. The molecule has 1 aromatic heterocycles. The minimum atomic E-state index is -0.741. The molecule has 0 aliphatic rings. The first-order valence-electron chi connectivity index (χ1n) is 7.86. The zero-order valence-electron chi connectivity index (χ0n) is 14.1. The molecule has 7 heteroatoms. The fourth-order valence-electron chi connectivity index (χ4n) is 2.34. The number of aromatic amines is 1. The van der Waals surface area contributed by atoms with E-state index >= 15 is 0 Å². The second-order valence-corrected chi connectivity index (χ2v) is 5.45. The zero-order valence-corrected chi connectivity index (χ0v) is 14.1. The molecule has 1 amide bonds. The van der Waals surface area contributed by atoms with Crippen LogP contribution < -0.4 is 5.32 Å². The van der Waals surface area contributed by atoms with Gasteiger partial charge < -0.3 is 9.47 Å². The van der Waals surface area contributed by atoms with Crippen molar-refractivity contribution in [1.82, 2.24) is 15.5 Å². The van der Waals surface area contributed by atoms with Crippen LogP contribution in [0.1, 0.15) is 11.1 Å². The number of alkyl carbamates (subject to hydrolysis) is 1. The Labute approximate surface area is 149 Å². The Morgan fingerprint density at radius 2 is 2.00 bits per heavy atom. The fraction of sp³-hybridized carbons (Fsp3) is 0.105. The number of benzene rings is 2. The van der Waals surface area contributed by atoms with Gasteiger partial charge in [-0.1, -0.05) is 36.4 Å². The van der Waals surface area contributed by atoms with Crippen molar-refractivity contribution in [3.63, 3.8) is 0 Å². The van der Waals surface area contributed by atoms with Crippen molar-refractivity contribution in [3.8, 4) is 0 Å². The van der Waals surface area contributed by atoms with Crippen LogP contribution in [0.5, 0.6) is 0 Å². The van der Waals surface area contributed by atoms with E-state index in [0.717, 1.165) is 16.5 Å². The van der Waals surface area contributed by atoms with Gasteiger partial charge in [-0.05, 0) is 29.3 Å². The Morgan fingerprint density at radius 1 is 1.19 bits per heavy atom. The molecular formula is C19H17N3O4. The molecule has 132 valence electrons. The summed E-state index contributed by atoms with van der Waals surface area (Å²) >= 11 is 0. The van der Waals surface area contributed by atoms with Gasteiger partial charge >= 0.3 is 12.1 Å². The summed E-state index contributed by atoms with van der Waals surface area (Å²) in [6, 6.07) is 14.7. The maximum atomic E-state index is 12.0. The highest BCUT2D eigenvalue weighted by Gasteiger charge is 2.14. The summed E-state index contributed by atoms with van der Waals surface area (Å²) in [4.78, 5) is 24.0. The molecule has 2 aromatic carbocycles. The lowest BCUT2D eigenvalue weighted by atomic mass is 10.1. The van der Waals surface area contributed by atoms with Gasteiger partial charge in [-0.2, -0.15) is 5.10 Å². The number of methoxy groups -OCH3 is 1. The summed E-state index contributed by atoms with van der Waals surface area (Å²) in [5.74, 6) is -0.672. The van der Waals surface area contributed by atoms with Crippen LogP contribution in [-0.4, -0.2) is 29.4 Å². The van der Waals surface area contributed by atoms with Crippen LogP contribution in [0.4, 0.5) is 4.79 Å². The third-order valence-corrected chi connectivity index (χ3v) is 3.63. The van der Waals surface area contributed by atoms with Gasteiger partial charge in [-0.25, -0.2) is 9.59 Å². The van der Waals surface area contributed by atoms with Crippen molar-refractivity contribution in [1.29, 1.82) is 0 Å². The van der Waals surface area contributed by atoms with Gasteiger partial charge in [0, 0.05) is 5.39 Å². The van der Waals surface area contributed by atoms with Crippen LogP contribution in [0, 0.1) is 0 Å². The Hall–Kier alpha value is -3.61. The number of nitrogens with one attached hydrogen (secondary N) is 2. The first kappa shape index (κ1) is 17.2. The normalized spacial score (nSPS) is 11.2. The van der Waals surface area contributed by atoms with E-state index in [0.29, 0.717) is 5.56 Å². The summed E-state index contributed by atoms with van der Waals surface area (Å²) in [6.45, 7) is 0.0993. The molecule has 26 heavy (non-hydrogen) atoms. The van der Waals surface area contributed by atoms with Crippen molar-refractivity contribution >= 4 is 29.0 Å². The third-order valence-electron chi connectivity index (χ3n) is 3.63. The Bertz CT molecular complexity index is 948. The molecular weight excluding hydrogens is 334 g/mol. The van der Waals surface area contributed by atoms with Crippen molar-refractivity contribution in [2.75, 3.05) is 7.11 Å². The summed E-state index contributed by atoms with van der Waals surface area (Å²) in [6.07, 6.45) is 2.45.